The van der Waals surface area contributed by atoms with Gasteiger partial charge >= 0.3 is 0 Å². The number of benzene rings is 2. The van der Waals surface area contributed by atoms with Crippen molar-refractivity contribution in [2.24, 2.45) is 0 Å². The van der Waals surface area contributed by atoms with Crippen molar-refractivity contribution in [3.8, 4) is 11.5 Å². The van der Waals surface area contributed by atoms with Crippen LogP contribution in [0.2, 0.25) is 0 Å². The van der Waals surface area contributed by atoms with Crippen LogP contribution in [0, 0.1) is 13.8 Å². The number of ether oxygens (including phenoxy) is 2. The molecule has 0 aliphatic heterocycles. The van der Waals surface area contributed by atoms with Crippen molar-refractivity contribution >= 4 is 15.9 Å². The van der Waals surface area contributed by atoms with E-state index in [1.165, 1.54) is 6.07 Å². The summed E-state index contributed by atoms with van der Waals surface area (Å²) in [4.78, 5) is 12.5. The summed E-state index contributed by atoms with van der Waals surface area (Å²) in [6.45, 7) is 3.85. The van der Waals surface area contributed by atoms with E-state index in [1.807, 2.05) is 25.1 Å². The minimum absolute atomic E-state index is 0.0476. The Morgan fingerprint density at radius 2 is 1.75 bits per heavy atom. The Balaban J connectivity index is 1.48. The van der Waals surface area contributed by atoms with Crippen molar-refractivity contribution in [2.75, 3.05) is 20.2 Å². The lowest BCUT2D eigenvalue weighted by atomic mass is 10.2. The highest BCUT2D eigenvalue weighted by molar-refractivity contribution is 7.89. The molecule has 1 aromatic heterocycles. The molecule has 2 aromatic carbocycles. The number of methoxy groups -OCH3 is 1. The van der Waals surface area contributed by atoms with E-state index in [0.717, 1.165) is 5.56 Å². The number of hydrogen-bond donors (Lipinski definition) is 2. The maximum absolute atomic E-state index is 12.5. The highest BCUT2D eigenvalue weighted by atomic mass is 32.2. The second-order valence-electron chi connectivity index (χ2n) is 7.13. The van der Waals surface area contributed by atoms with E-state index in [-0.39, 0.29) is 30.4 Å². The predicted molar refractivity (Wildman–Crippen MR) is 119 cm³/mol. The topological polar surface area (TPSA) is 107 Å². The zero-order valence-corrected chi connectivity index (χ0v) is 19.0. The van der Waals surface area contributed by atoms with Gasteiger partial charge in [0.25, 0.3) is 5.91 Å². The van der Waals surface area contributed by atoms with Gasteiger partial charge in [0.15, 0.2) is 17.3 Å². The number of carbonyl (C=O) groups excluding carboxylic acids is 1. The van der Waals surface area contributed by atoms with Gasteiger partial charge in [-0.3, -0.25) is 4.79 Å². The molecule has 3 aromatic rings. The molecule has 32 heavy (non-hydrogen) atoms. The summed E-state index contributed by atoms with van der Waals surface area (Å²) in [5.41, 5.74) is 1.51. The van der Waals surface area contributed by atoms with Crippen LogP contribution < -0.4 is 19.5 Å². The fraction of sp³-hybridized carbons (Fsp3) is 0.261. The molecular weight excluding hydrogens is 432 g/mol. The molecule has 8 nitrogen and oxygen atoms in total. The number of sulfonamides is 1. The molecule has 0 spiro atoms. The fourth-order valence-corrected chi connectivity index (χ4v) is 4.35. The number of furan rings is 1. The number of aryl methyl sites for hydroxylation is 2. The minimum atomic E-state index is -3.66. The van der Waals surface area contributed by atoms with Gasteiger partial charge in [-0.15, -0.1) is 0 Å². The van der Waals surface area contributed by atoms with Gasteiger partial charge in [0.05, 0.1) is 12.0 Å². The summed E-state index contributed by atoms with van der Waals surface area (Å²) in [7, 11) is -2.11. The highest BCUT2D eigenvalue weighted by Crippen LogP contribution is 2.26. The Morgan fingerprint density at radius 1 is 1.00 bits per heavy atom. The van der Waals surface area contributed by atoms with E-state index in [0.29, 0.717) is 22.8 Å². The number of carbonyl (C=O) groups is 1. The smallest absolute Gasteiger partial charge is 0.287 e. The maximum atomic E-state index is 12.5. The van der Waals surface area contributed by atoms with Gasteiger partial charge < -0.3 is 19.2 Å². The van der Waals surface area contributed by atoms with Gasteiger partial charge in [0.2, 0.25) is 10.0 Å². The van der Waals surface area contributed by atoms with E-state index in [2.05, 4.69) is 10.0 Å². The van der Waals surface area contributed by atoms with Crippen LogP contribution >= 0.6 is 0 Å². The Hall–Kier alpha value is -3.30. The fourth-order valence-electron chi connectivity index (χ4n) is 2.99. The normalized spacial score (nSPS) is 11.2. The maximum Gasteiger partial charge on any atom is 0.287 e. The Bertz CT molecular complexity index is 1190. The molecule has 2 N–H and O–H groups in total. The van der Waals surface area contributed by atoms with Crippen LogP contribution in [0.5, 0.6) is 11.5 Å². The molecule has 9 heteroatoms. The van der Waals surface area contributed by atoms with Crippen molar-refractivity contribution in [3.05, 3.63) is 77.2 Å². The lowest BCUT2D eigenvalue weighted by Gasteiger charge is -2.10. The van der Waals surface area contributed by atoms with Crippen LogP contribution in [0.25, 0.3) is 0 Å². The van der Waals surface area contributed by atoms with Gasteiger partial charge in [0, 0.05) is 13.1 Å². The zero-order valence-electron chi connectivity index (χ0n) is 18.2. The van der Waals surface area contributed by atoms with Gasteiger partial charge in [-0.2, -0.15) is 0 Å². The molecule has 0 aliphatic rings. The summed E-state index contributed by atoms with van der Waals surface area (Å²) in [5, 5.41) is 2.63. The third kappa shape index (κ3) is 5.89. The lowest BCUT2D eigenvalue weighted by molar-refractivity contribution is 0.0922. The van der Waals surface area contributed by atoms with E-state index >= 15 is 0 Å². The molecule has 0 unspecified atom stereocenters. The van der Waals surface area contributed by atoms with Gasteiger partial charge in [-0.25, -0.2) is 13.1 Å². The van der Waals surface area contributed by atoms with Crippen LogP contribution in [0.1, 0.15) is 27.4 Å². The first-order valence-electron chi connectivity index (χ1n) is 10.00. The van der Waals surface area contributed by atoms with Crippen molar-refractivity contribution < 1.29 is 27.1 Å². The zero-order chi connectivity index (χ0) is 23.1. The third-order valence-electron chi connectivity index (χ3n) is 4.66. The first-order chi connectivity index (χ1) is 15.3. The summed E-state index contributed by atoms with van der Waals surface area (Å²) < 4.78 is 43.9. The Labute approximate surface area is 187 Å². The summed E-state index contributed by atoms with van der Waals surface area (Å²) in [6.07, 6.45) is 0. The molecule has 1 heterocycles. The van der Waals surface area contributed by atoms with Crippen molar-refractivity contribution in [1.82, 2.24) is 10.0 Å². The monoisotopic (exact) mass is 458 g/mol. The number of nitrogens with one attached hydrogen (secondary N) is 2. The Morgan fingerprint density at radius 3 is 2.50 bits per heavy atom. The molecule has 170 valence electrons. The second kappa shape index (κ2) is 10.3. The van der Waals surface area contributed by atoms with Crippen molar-refractivity contribution in [3.63, 3.8) is 0 Å². The van der Waals surface area contributed by atoms with Crippen LogP contribution in [-0.4, -0.2) is 34.5 Å². The van der Waals surface area contributed by atoms with Crippen LogP contribution in [0.15, 0.2) is 63.9 Å². The quantitative estimate of drug-likeness (QED) is 0.452. The molecule has 0 fully saturated rings. The van der Waals surface area contributed by atoms with Gasteiger partial charge in [-0.05, 0) is 55.3 Å². The molecule has 0 saturated carbocycles. The highest BCUT2D eigenvalue weighted by Gasteiger charge is 2.17. The van der Waals surface area contributed by atoms with E-state index in [4.69, 9.17) is 13.9 Å². The van der Waals surface area contributed by atoms with Crippen molar-refractivity contribution in [2.45, 2.75) is 25.3 Å². The molecule has 1 amide bonds. The van der Waals surface area contributed by atoms with Gasteiger partial charge in [0.1, 0.15) is 12.4 Å². The van der Waals surface area contributed by atoms with Crippen LogP contribution in [0.4, 0.5) is 0 Å². The number of amides is 1. The lowest BCUT2D eigenvalue weighted by Crippen LogP contribution is -2.34. The number of rotatable bonds is 10. The predicted octanol–water partition coefficient (Wildman–Crippen LogP) is 3.19. The molecule has 0 bridgehead atoms. The van der Waals surface area contributed by atoms with Crippen LogP contribution in [0.3, 0.4) is 0 Å². The first kappa shape index (κ1) is 23.4. The molecule has 0 saturated heterocycles. The van der Waals surface area contributed by atoms with E-state index < -0.39 is 15.9 Å². The molecule has 0 atom stereocenters. The second-order valence-corrected chi connectivity index (χ2v) is 8.86. The Kier molecular flexibility index (Phi) is 7.55. The molecule has 0 aliphatic carbocycles. The summed E-state index contributed by atoms with van der Waals surface area (Å²) in [5.74, 6) is 1.30. The summed E-state index contributed by atoms with van der Waals surface area (Å²) >= 11 is 0. The largest absolute Gasteiger partial charge is 0.493 e. The third-order valence-corrected chi connectivity index (χ3v) is 6.26. The number of para-hydroxylation sites is 2. The first-order valence-corrected chi connectivity index (χ1v) is 11.5. The molecule has 0 radical (unpaired) electrons. The minimum Gasteiger partial charge on any atom is -0.493 e. The standard InChI is InChI=1S/C23H26N2O6S/c1-16-8-9-17(2)22(14-16)32(27,28)25-13-12-24-23(26)21-11-10-18(31-21)15-30-20-7-5-4-6-19(20)29-3/h4-11,14,25H,12-13,15H2,1-3H3,(H,24,26). The van der Waals surface area contributed by atoms with E-state index in [9.17, 15) is 13.2 Å². The van der Waals surface area contributed by atoms with Crippen molar-refractivity contribution in [1.29, 1.82) is 0 Å². The van der Waals surface area contributed by atoms with E-state index in [1.54, 1.807) is 44.4 Å². The summed E-state index contributed by atoms with van der Waals surface area (Å²) in [6, 6.07) is 15.6. The average molecular weight is 459 g/mol. The average Bonchev–Trinajstić information content (AvgIpc) is 3.26. The number of hydrogen-bond acceptors (Lipinski definition) is 6. The SMILES string of the molecule is COc1ccccc1OCc1ccc(C(=O)NCCNS(=O)(=O)c2cc(C)ccc2C)o1. The van der Waals surface area contributed by atoms with Gasteiger partial charge in [-0.1, -0.05) is 24.3 Å². The van der Waals surface area contributed by atoms with Crippen LogP contribution in [-0.2, 0) is 16.6 Å². The molecular formula is C23H26N2O6S. The molecule has 3 rings (SSSR count).